The van der Waals surface area contributed by atoms with Crippen LogP contribution in [0.2, 0.25) is 0 Å². The van der Waals surface area contributed by atoms with Crippen LogP contribution in [0.4, 0.5) is 10.1 Å². The Morgan fingerprint density at radius 3 is 2.58 bits per heavy atom. The van der Waals surface area contributed by atoms with Gasteiger partial charge in [0.15, 0.2) is 0 Å². The zero-order valence-electron chi connectivity index (χ0n) is 21.4. The molecule has 2 aromatic carbocycles. The summed E-state index contributed by atoms with van der Waals surface area (Å²) in [4.78, 5) is 27.7. The van der Waals surface area contributed by atoms with E-state index in [-0.39, 0.29) is 23.5 Å². The van der Waals surface area contributed by atoms with Crippen LogP contribution in [0.3, 0.4) is 0 Å². The Morgan fingerprint density at radius 2 is 1.94 bits per heavy atom. The van der Waals surface area contributed by atoms with Crippen molar-refractivity contribution in [3.8, 4) is 11.3 Å². The summed E-state index contributed by atoms with van der Waals surface area (Å²) in [5.41, 5.74) is 4.68. The summed E-state index contributed by atoms with van der Waals surface area (Å²) in [6.45, 7) is 5.20. The Morgan fingerprint density at radius 1 is 1.22 bits per heavy atom. The van der Waals surface area contributed by atoms with Crippen LogP contribution < -0.4 is 9.62 Å². The van der Waals surface area contributed by atoms with Crippen molar-refractivity contribution >= 4 is 40.4 Å². The Bertz CT molecular complexity index is 1310. The van der Waals surface area contributed by atoms with Gasteiger partial charge in [0.05, 0.1) is 11.3 Å². The van der Waals surface area contributed by atoms with Crippen LogP contribution >= 0.6 is 11.9 Å². The highest BCUT2D eigenvalue weighted by Crippen LogP contribution is 2.42. The highest BCUT2D eigenvalue weighted by molar-refractivity contribution is 7.99. The van der Waals surface area contributed by atoms with Gasteiger partial charge in [0, 0.05) is 62.5 Å². The van der Waals surface area contributed by atoms with E-state index in [1.54, 1.807) is 37.2 Å². The smallest absolute Gasteiger partial charge is 0.255 e. The number of piperidine rings is 1. The summed E-state index contributed by atoms with van der Waals surface area (Å²) in [5, 5.41) is 3.43. The molecular formula is C28H32FN3O3S. The second-order valence-electron chi connectivity index (χ2n) is 9.32. The highest BCUT2D eigenvalue weighted by Gasteiger charge is 2.29. The Hall–Kier alpha value is -3.26. The normalized spacial score (nSPS) is 15.6. The largest absolute Gasteiger partial charge is 0.455 e. The molecule has 1 saturated heterocycles. The summed E-state index contributed by atoms with van der Waals surface area (Å²) in [6, 6.07) is 9.95. The second-order valence-corrected chi connectivity index (χ2v) is 10.2. The summed E-state index contributed by atoms with van der Waals surface area (Å²) in [5.74, 6) is -0.0678. The lowest BCUT2D eigenvalue weighted by atomic mass is 9.88. The van der Waals surface area contributed by atoms with Crippen LogP contribution in [0.15, 0.2) is 52.5 Å². The molecule has 8 heteroatoms. The first-order valence-corrected chi connectivity index (χ1v) is 13.2. The number of furan rings is 1. The van der Waals surface area contributed by atoms with Crippen LogP contribution in [0.25, 0.3) is 22.3 Å². The molecule has 6 nitrogen and oxygen atoms in total. The number of benzene rings is 2. The molecule has 0 spiro atoms. The molecule has 0 radical (unpaired) electrons. The van der Waals surface area contributed by atoms with Crippen LogP contribution in [0.1, 0.15) is 48.5 Å². The third kappa shape index (κ3) is 5.14. The molecule has 36 heavy (non-hydrogen) atoms. The summed E-state index contributed by atoms with van der Waals surface area (Å²) in [6.07, 6.45) is 5.54. The van der Waals surface area contributed by atoms with Crippen molar-refractivity contribution < 1.29 is 18.4 Å². The summed E-state index contributed by atoms with van der Waals surface area (Å²) in [7, 11) is 3.58. The summed E-state index contributed by atoms with van der Waals surface area (Å²) >= 11 is 1.58. The first-order valence-electron chi connectivity index (χ1n) is 12.0. The Labute approximate surface area is 215 Å². The van der Waals surface area contributed by atoms with Crippen molar-refractivity contribution in [2.75, 3.05) is 37.7 Å². The lowest BCUT2D eigenvalue weighted by molar-refractivity contribution is -0.127. The van der Waals surface area contributed by atoms with Crippen molar-refractivity contribution in [3.63, 3.8) is 0 Å². The van der Waals surface area contributed by atoms with Crippen LogP contribution in [-0.2, 0) is 4.79 Å². The van der Waals surface area contributed by atoms with Crippen LogP contribution in [0.5, 0.6) is 0 Å². The van der Waals surface area contributed by atoms with Gasteiger partial charge in [-0.25, -0.2) is 4.39 Å². The third-order valence-electron chi connectivity index (χ3n) is 6.60. The van der Waals surface area contributed by atoms with E-state index in [0.29, 0.717) is 34.4 Å². The van der Waals surface area contributed by atoms with E-state index < -0.39 is 0 Å². The maximum Gasteiger partial charge on any atom is 0.255 e. The molecule has 1 aromatic heterocycles. The average Bonchev–Trinajstić information content (AvgIpc) is 3.25. The minimum Gasteiger partial charge on any atom is -0.455 e. The molecule has 2 heterocycles. The highest BCUT2D eigenvalue weighted by atomic mass is 32.2. The van der Waals surface area contributed by atoms with Crippen molar-refractivity contribution in [1.82, 2.24) is 10.2 Å². The molecule has 0 bridgehead atoms. The number of fused-ring (bicyclic) bond motifs is 1. The maximum atomic E-state index is 13.6. The molecule has 4 rings (SSSR count). The Balaban J connectivity index is 1.87. The third-order valence-corrected chi connectivity index (χ3v) is 7.34. The van der Waals surface area contributed by atoms with E-state index in [9.17, 15) is 14.0 Å². The number of carbonyl (C=O) groups excluding carboxylic acids is 2. The number of likely N-dealkylation sites (tertiary alicyclic amines) is 1. The fourth-order valence-corrected chi connectivity index (χ4v) is 5.13. The van der Waals surface area contributed by atoms with E-state index in [2.05, 4.69) is 9.62 Å². The first-order chi connectivity index (χ1) is 17.2. The number of amides is 2. The number of rotatable bonds is 6. The van der Waals surface area contributed by atoms with Gasteiger partial charge in [-0.2, -0.15) is 0 Å². The number of hydrogen-bond donors (Lipinski definition) is 1. The number of nitrogens with zero attached hydrogens (tertiary/aromatic N) is 2. The molecule has 0 aliphatic carbocycles. The zero-order chi connectivity index (χ0) is 26.0. The lowest BCUT2D eigenvalue weighted by Crippen LogP contribution is -2.38. The van der Waals surface area contributed by atoms with E-state index in [0.717, 1.165) is 36.2 Å². The van der Waals surface area contributed by atoms with E-state index in [4.69, 9.17) is 4.42 Å². The van der Waals surface area contributed by atoms with Crippen molar-refractivity contribution in [1.29, 1.82) is 0 Å². The molecule has 190 valence electrons. The van der Waals surface area contributed by atoms with Gasteiger partial charge >= 0.3 is 0 Å². The molecule has 3 aromatic rings. The van der Waals surface area contributed by atoms with Gasteiger partial charge in [-0.15, -0.1) is 0 Å². The van der Waals surface area contributed by atoms with Gasteiger partial charge in [0.2, 0.25) is 5.91 Å². The first kappa shape index (κ1) is 25.8. The standard InChI is InChI=1S/C28H32FN3O3S/c1-17(2)13-25(33)32-12-6-7-19(16-32)21-14-22-24(15-23(21)31(4)36-5)35-27(26(22)28(34)30-3)18-8-10-20(29)11-9-18/h8-11,13-15,19H,6-7,12,16H2,1-5H3,(H,30,34)/t19-/m1/s1. The van der Waals surface area contributed by atoms with Gasteiger partial charge in [0.1, 0.15) is 17.2 Å². The van der Waals surface area contributed by atoms with Crippen molar-refractivity contribution in [3.05, 3.63) is 65.0 Å². The summed E-state index contributed by atoms with van der Waals surface area (Å²) < 4.78 is 21.9. The molecule has 2 amide bonds. The minimum atomic E-state index is -0.355. The second kappa shape index (κ2) is 10.8. The molecule has 1 N–H and O–H groups in total. The quantitative estimate of drug-likeness (QED) is 0.327. The van der Waals surface area contributed by atoms with Gasteiger partial charge in [0.25, 0.3) is 5.91 Å². The number of hydrogen-bond acceptors (Lipinski definition) is 5. The fourth-order valence-electron chi connectivity index (χ4n) is 4.77. The van der Waals surface area contributed by atoms with Gasteiger partial charge in [-0.3, -0.25) is 9.59 Å². The Kier molecular flexibility index (Phi) is 7.73. The predicted octanol–water partition coefficient (Wildman–Crippen LogP) is 5.98. The van der Waals surface area contributed by atoms with Gasteiger partial charge < -0.3 is 18.9 Å². The van der Waals surface area contributed by atoms with Crippen LogP contribution in [0, 0.1) is 5.82 Å². The molecule has 1 aliphatic rings. The van der Waals surface area contributed by atoms with Gasteiger partial charge in [-0.05, 0) is 62.6 Å². The number of nitrogens with one attached hydrogen (secondary N) is 1. The molecule has 1 aliphatic heterocycles. The number of allylic oxidation sites excluding steroid dienone is 1. The SMILES string of the molecule is CNC(=O)c1c(-c2ccc(F)cc2)oc2cc(N(C)SC)c([C@@H]3CCCN(C(=O)C=C(C)C)C3)cc12. The number of halogens is 1. The van der Waals surface area contributed by atoms with Gasteiger partial charge in [-0.1, -0.05) is 17.5 Å². The zero-order valence-corrected chi connectivity index (χ0v) is 22.2. The van der Waals surface area contributed by atoms with Crippen molar-refractivity contribution in [2.24, 2.45) is 0 Å². The van der Waals surface area contributed by atoms with Crippen molar-refractivity contribution in [2.45, 2.75) is 32.6 Å². The van der Waals surface area contributed by atoms with E-state index in [1.807, 2.05) is 44.2 Å². The van der Waals surface area contributed by atoms with Crippen LogP contribution in [-0.4, -0.2) is 50.2 Å². The molecular weight excluding hydrogens is 477 g/mol. The minimum absolute atomic E-state index is 0.0357. The molecule has 1 fully saturated rings. The number of anilines is 1. The maximum absolute atomic E-state index is 13.6. The fraction of sp³-hybridized carbons (Fsp3) is 0.357. The molecule has 1 atom stereocenters. The lowest BCUT2D eigenvalue weighted by Gasteiger charge is -2.34. The molecule has 0 saturated carbocycles. The average molecular weight is 510 g/mol. The predicted molar refractivity (Wildman–Crippen MR) is 145 cm³/mol. The van der Waals surface area contributed by atoms with E-state index >= 15 is 0 Å². The topological polar surface area (TPSA) is 65.8 Å². The number of carbonyl (C=O) groups is 2. The van der Waals surface area contributed by atoms with E-state index in [1.165, 1.54) is 12.1 Å². The monoisotopic (exact) mass is 509 g/mol. The molecule has 0 unspecified atom stereocenters.